The molecule has 2 nitrogen and oxygen atoms in total. The van der Waals surface area contributed by atoms with E-state index in [2.05, 4.69) is 9.97 Å². The van der Waals surface area contributed by atoms with Crippen LogP contribution in [0, 0.1) is 6.92 Å². The summed E-state index contributed by atoms with van der Waals surface area (Å²) in [5.74, 6) is 0.822. The van der Waals surface area contributed by atoms with E-state index in [9.17, 15) is 0 Å². The number of aromatic nitrogens is 2. The highest BCUT2D eigenvalue weighted by Crippen LogP contribution is 1.78. The normalized spacial score (nSPS) is 7.62. The smallest absolute Gasteiger partial charge is 0.125 e. The minimum Gasteiger partial charge on any atom is -0.242 e. The summed E-state index contributed by atoms with van der Waals surface area (Å²) >= 11 is 0. The molecule has 3 heteroatoms. The molecule has 0 spiro atoms. The second-order valence-corrected chi connectivity index (χ2v) is 1.30. The van der Waals surface area contributed by atoms with E-state index in [1.54, 1.807) is 18.5 Å². The molecule has 0 aliphatic carbocycles. The van der Waals surface area contributed by atoms with E-state index >= 15 is 0 Å². The van der Waals surface area contributed by atoms with Crippen molar-refractivity contribution in [3.05, 3.63) is 24.3 Å². The molecule has 0 unspecified atom stereocenters. The van der Waals surface area contributed by atoms with Crippen LogP contribution in [0.5, 0.6) is 0 Å². The largest absolute Gasteiger partial charge is 0.242 e. The van der Waals surface area contributed by atoms with Crippen molar-refractivity contribution < 1.29 is 0 Å². The second kappa shape index (κ2) is 3.50. The summed E-state index contributed by atoms with van der Waals surface area (Å²) in [5, 5.41) is 0. The second-order valence-electron chi connectivity index (χ2n) is 1.30. The lowest BCUT2D eigenvalue weighted by atomic mass is 10.6. The van der Waals surface area contributed by atoms with Crippen LogP contribution in [0.2, 0.25) is 0 Å². The van der Waals surface area contributed by atoms with Gasteiger partial charge in [0.05, 0.1) is 0 Å². The molecule has 0 bridgehead atoms. The van der Waals surface area contributed by atoms with Gasteiger partial charge in [-0.15, -0.1) is 0 Å². The maximum atomic E-state index is 3.87. The van der Waals surface area contributed by atoms with Gasteiger partial charge < -0.3 is 0 Å². The van der Waals surface area contributed by atoms with Gasteiger partial charge in [0.15, 0.2) is 0 Å². The van der Waals surface area contributed by atoms with Crippen LogP contribution in [0.15, 0.2) is 18.5 Å². The molecule has 0 saturated heterocycles. The van der Waals surface area contributed by atoms with E-state index < -0.39 is 0 Å². The quantitative estimate of drug-likeness (QED) is 0.492. The van der Waals surface area contributed by atoms with E-state index in [0.29, 0.717) is 0 Å². The summed E-state index contributed by atoms with van der Waals surface area (Å²) in [6, 6.07) is 1.80. The number of hydrogen-bond acceptors (Lipinski definition) is 2. The van der Waals surface area contributed by atoms with Crippen LogP contribution >= 0.6 is 9.90 Å². The Morgan fingerprint density at radius 1 is 1.25 bits per heavy atom. The Labute approximate surface area is 52.0 Å². The Balaban J connectivity index is 0.000000490. The minimum absolute atomic E-state index is 0. The molecule has 1 aromatic heterocycles. The fraction of sp³-hybridized carbons (Fsp3) is 0.200. The van der Waals surface area contributed by atoms with Crippen LogP contribution in [0.3, 0.4) is 0 Å². The summed E-state index contributed by atoms with van der Waals surface area (Å²) in [7, 11) is 0. The van der Waals surface area contributed by atoms with Crippen LogP contribution in [0.1, 0.15) is 5.82 Å². The summed E-state index contributed by atoms with van der Waals surface area (Å²) in [4.78, 5) is 7.74. The predicted octanol–water partition coefficient (Wildman–Crippen LogP) is 1.65. The molecule has 0 atom stereocenters. The molecule has 0 N–H and O–H groups in total. The van der Waals surface area contributed by atoms with Crippen molar-refractivity contribution in [2.45, 2.75) is 6.92 Å². The van der Waals surface area contributed by atoms with Gasteiger partial charge in [-0.2, -0.15) is 0 Å². The molecule has 0 aliphatic rings. The fourth-order valence-electron chi connectivity index (χ4n) is 0.374. The van der Waals surface area contributed by atoms with Crippen molar-refractivity contribution >= 4 is 9.90 Å². The van der Waals surface area contributed by atoms with Crippen LogP contribution < -0.4 is 0 Å². The standard InChI is InChI=1S/C5H6N2.P/c1-5-6-3-2-4-7-5;/h2-4H,1H3;. The van der Waals surface area contributed by atoms with Crippen molar-refractivity contribution in [3.8, 4) is 0 Å². The molecule has 0 amide bonds. The predicted molar refractivity (Wildman–Crippen MR) is 33.7 cm³/mol. The lowest BCUT2D eigenvalue weighted by molar-refractivity contribution is 1.05. The first-order valence-electron chi connectivity index (χ1n) is 2.13. The van der Waals surface area contributed by atoms with Gasteiger partial charge in [0.2, 0.25) is 0 Å². The molecular weight excluding hydrogens is 119 g/mol. The van der Waals surface area contributed by atoms with E-state index in [4.69, 9.17) is 0 Å². The molecule has 0 saturated carbocycles. The zero-order chi connectivity index (χ0) is 5.11. The van der Waals surface area contributed by atoms with Gasteiger partial charge in [0.25, 0.3) is 0 Å². The molecule has 41 valence electrons. The van der Waals surface area contributed by atoms with Crippen LogP contribution in [0.4, 0.5) is 0 Å². The van der Waals surface area contributed by atoms with Gasteiger partial charge in [-0.25, -0.2) is 9.97 Å². The number of nitrogens with zero attached hydrogens (tertiary/aromatic N) is 2. The minimum atomic E-state index is 0. The fourth-order valence-corrected chi connectivity index (χ4v) is 0.374. The van der Waals surface area contributed by atoms with Crippen molar-refractivity contribution in [1.82, 2.24) is 9.97 Å². The zero-order valence-corrected chi connectivity index (χ0v) is 5.47. The maximum absolute atomic E-state index is 3.87. The molecule has 0 aromatic carbocycles. The highest BCUT2D eigenvalue weighted by Gasteiger charge is 1.74. The molecule has 1 heterocycles. The summed E-state index contributed by atoms with van der Waals surface area (Å²) in [6.45, 7) is 1.86. The Morgan fingerprint density at radius 2 is 1.75 bits per heavy atom. The molecule has 8 heavy (non-hydrogen) atoms. The molecule has 3 radical (unpaired) electrons. The topological polar surface area (TPSA) is 25.8 Å². The van der Waals surface area contributed by atoms with Gasteiger partial charge in [-0.3, -0.25) is 0 Å². The average molecular weight is 125 g/mol. The van der Waals surface area contributed by atoms with Crippen molar-refractivity contribution in [3.63, 3.8) is 0 Å². The van der Waals surface area contributed by atoms with Gasteiger partial charge in [0.1, 0.15) is 5.82 Å². The number of rotatable bonds is 0. The summed E-state index contributed by atoms with van der Waals surface area (Å²) in [5.41, 5.74) is 0. The third-order valence-electron chi connectivity index (χ3n) is 0.695. The summed E-state index contributed by atoms with van der Waals surface area (Å²) < 4.78 is 0. The van der Waals surface area contributed by atoms with Crippen LogP contribution in [-0.4, -0.2) is 9.97 Å². The first kappa shape index (κ1) is 7.51. The highest BCUT2D eigenvalue weighted by atomic mass is 31.0. The average Bonchev–Trinajstić information content (AvgIpc) is 1.69. The van der Waals surface area contributed by atoms with Gasteiger partial charge in [-0.05, 0) is 13.0 Å². The molecule has 0 aliphatic heterocycles. The Hall–Kier alpha value is -0.490. The van der Waals surface area contributed by atoms with E-state index in [1.807, 2.05) is 6.92 Å². The monoisotopic (exact) mass is 125 g/mol. The third kappa shape index (κ3) is 1.99. The molecule has 1 aromatic rings. The number of aryl methyl sites for hydroxylation is 1. The molecule has 1 rings (SSSR count). The lowest BCUT2D eigenvalue weighted by Crippen LogP contribution is -1.80. The van der Waals surface area contributed by atoms with E-state index in [-0.39, 0.29) is 9.90 Å². The first-order valence-corrected chi connectivity index (χ1v) is 2.13. The van der Waals surface area contributed by atoms with Gasteiger partial charge in [-0.1, -0.05) is 0 Å². The van der Waals surface area contributed by atoms with E-state index in [1.165, 1.54) is 0 Å². The van der Waals surface area contributed by atoms with Gasteiger partial charge >= 0.3 is 0 Å². The Morgan fingerprint density at radius 3 is 2.00 bits per heavy atom. The molecular formula is C5H6N2P. The van der Waals surface area contributed by atoms with Crippen molar-refractivity contribution in [2.24, 2.45) is 0 Å². The SMILES string of the molecule is Cc1ncccn1.[P]. The van der Waals surface area contributed by atoms with Gasteiger partial charge in [0, 0.05) is 22.3 Å². The Kier molecular flexibility index (Phi) is 3.29. The van der Waals surface area contributed by atoms with Crippen molar-refractivity contribution in [2.75, 3.05) is 0 Å². The first-order chi connectivity index (χ1) is 3.39. The third-order valence-corrected chi connectivity index (χ3v) is 0.695. The van der Waals surface area contributed by atoms with E-state index in [0.717, 1.165) is 5.82 Å². The van der Waals surface area contributed by atoms with Crippen molar-refractivity contribution in [1.29, 1.82) is 0 Å². The maximum Gasteiger partial charge on any atom is 0.125 e. The zero-order valence-electron chi connectivity index (χ0n) is 4.57. The van der Waals surface area contributed by atoms with Crippen LogP contribution in [-0.2, 0) is 0 Å². The lowest BCUT2D eigenvalue weighted by Gasteiger charge is -1.81. The van der Waals surface area contributed by atoms with Crippen LogP contribution in [0.25, 0.3) is 0 Å². The highest BCUT2D eigenvalue weighted by molar-refractivity contribution is 6.92. The Bertz CT molecular complexity index is 140. The number of hydrogen-bond donors (Lipinski definition) is 0. The molecule has 0 fully saturated rings. The summed E-state index contributed by atoms with van der Waals surface area (Å²) in [6.07, 6.45) is 3.45.